The number of nitrogens with two attached hydrogens (primary N) is 2. The van der Waals surface area contributed by atoms with Gasteiger partial charge in [-0.1, -0.05) is 55.9 Å². The van der Waals surface area contributed by atoms with Crippen LogP contribution in [-0.2, 0) is 0 Å². The Labute approximate surface area is 207 Å². The van der Waals surface area contributed by atoms with Gasteiger partial charge in [0.2, 0.25) is 0 Å². The normalized spacial score (nSPS) is 37.0. The Kier molecular flexibility index (Phi) is 6.67. The van der Waals surface area contributed by atoms with Gasteiger partial charge in [-0.15, -0.1) is 0 Å². The van der Waals surface area contributed by atoms with Crippen LogP contribution < -0.4 is 11.5 Å². The van der Waals surface area contributed by atoms with Gasteiger partial charge in [-0.25, -0.2) is 0 Å². The number of hydrogen-bond acceptors (Lipinski definition) is 3. The van der Waals surface area contributed by atoms with Gasteiger partial charge in [0.25, 0.3) is 0 Å². The summed E-state index contributed by atoms with van der Waals surface area (Å²) in [4.78, 5) is 2.94. The standard InChI is InChI=1S/C31H47N3/c32-20-21-8-7-13-25(16-21)34-30-17-24(22-9-3-1-4-10-22)14-15-26(30)28-18-27(29(33)19-31(28)34)23-11-5-2-6-12-23/h2,5,16,22-25,28,31H,1,3-4,6-15,17-20,32-33H2. The van der Waals surface area contributed by atoms with E-state index < -0.39 is 0 Å². The summed E-state index contributed by atoms with van der Waals surface area (Å²) >= 11 is 0. The van der Waals surface area contributed by atoms with Crippen molar-refractivity contribution >= 4 is 0 Å². The summed E-state index contributed by atoms with van der Waals surface area (Å²) in [6, 6.07) is 1.14. The molecule has 1 saturated carbocycles. The third kappa shape index (κ3) is 4.21. The molecule has 1 heterocycles. The third-order valence-corrected chi connectivity index (χ3v) is 10.6. The molecular weight excluding hydrogens is 414 g/mol. The summed E-state index contributed by atoms with van der Waals surface area (Å²) in [6.07, 6.45) is 28.7. The fourth-order valence-electron chi connectivity index (χ4n) is 8.85. The minimum absolute atomic E-state index is 0.546. The number of rotatable bonds is 4. The lowest BCUT2D eigenvalue weighted by molar-refractivity contribution is 0.158. The summed E-state index contributed by atoms with van der Waals surface area (Å²) < 4.78 is 0. The van der Waals surface area contributed by atoms with Crippen LogP contribution in [0.4, 0.5) is 0 Å². The van der Waals surface area contributed by atoms with Gasteiger partial charge in [-0.3, -0.25) is 0 Å². The van der Waals surface area contributed by atoms with E-state index >= 15 is 0 Å². The van der Waals surface area contributed by atoms with Gasteiger partial charge in [0.05, 0.1) is 0 Å². The SMILES string of the molecule is NCC1=CC(N2C3=C(CCC(C4CCCCC4)C3)C3CC(C4CC=CCC4)=C(N)CC32)CCC1. The lowest BCUT2D eigenvalue weighted by Crippen LogP contribution is -2.45. The number of allylic oxidation sites excluding steroid dienone is 4. The highest BCUT2D eigenvalue weighted by Crippen LogP contribution is 2.54. The van der Waals surface area contributed by atoms with Crippen LogP contribution in [0.3, 0.4) is 0 Å². The number of hydrogen-bond donors (Lipinski definition) is 2. The molecule has 6 aliphatic rings. The van der Waals surface area contributed by atoms with Crippen LogP contribution in [-0.4, -0.2) is 23.5 Å². The fourth-order valence-corrected chi connectivity index (χ4v) is 8.85. The van der Waals surface area contributed by atoms with Crippen LogP contribution in [0, 0.1) is 23.7 Å². The molecule has 0 amide bonds. The van der Waals surface area contributed by atoms with Crippen LogP contribution in [0.2, 0.25) is 0 Å². The molecule has 5 atom stereocenters. The first-order chi connectivity index (χ1) is 16.7. The minimum Gasteiger partial charge on any atom is -0.402 e. The predicted molar refractivity (Wildman–Crippen MR) is 142 cm³/mol. The molecule has 0 spiro atoms. The van der Waals surface area contributed by atoms with E-state index in [1.54, 1.807) is 11.3 Å². The van der Waals surface area contributed by atoms with Crippen molar-refractivity contribution in [2.75, 3.05) is 6.54 Å². The minimum atomic E-state index is 0.546. The predicted octanol–water partition coefficient (Wildman–Crippen LogP) is 6.72. The highest BCUT2D eigenvalue weighted by atomic mass is 15.2. The van der Waals surface area contributed by atoms with Crippen molar-refractivity contribution in [3.8, 4) is 0 Å². The van der Waals surface area contributed by atoms with Crippen LogP contribution in [0.25, 0.3) is 0 Å². The van der Waals surface area contributed by atoms with Crippen molar-refractivity contribution in [1.82, 2.24) is 4.90 Å². The Hall–Kier alpha value is -1.48. The maximum atomic E-state index is 6.92. The highest BCUT2D eigenvalue weighted by Gasteiger charge is 2.48. The average molecular weight is 462 g/mol. The van der Waals surface area contributed by atoms with Crippen molar-refractivity contribution in [2.24, 2.45) is 35.1 Å². The summed E-state index contributed by atoms with van der Waals surface area (Å²) in [7, 11) is 0. The van der Waals surface area contributed by atoms with Crippen LogP contribution in [0.1, 0.15) is 103 Å². The topological polar surface area (TPSA) is 55.3 Å². The molecule has 186 valence electrons. The van der Waals surface area contributed by atoms with E-state index in [1.807, 2.05) is 5.57 Å². The smallest absolute Gasteiger partial charge is 0.0476 e. The van der Waals surface area contributed by atoms with Crippen molar-refractivity contribution in [3.63, 3.8) is 0 Å². The van der Waals surface area contributed by atoms with Crippen molar-refractivity contribution in [2.45, 2.75) is 115 Å². The molecule has 0 aromatic heterocycles. The molecule has 5 aliphatic carbocycles. The maximum absolute atomic E-state index is 6.92. The molecule has 5 unspecified atom stereocenters. The first-order valence-corrected chi connectivity index (χ1v) is 14.7. The second-order valence-corrected chi connectivity index (χ2v) is 12.4. The maximum Gasteiger partial charge on any atom is 0.0476 e. The van der Waals surface area contributed by atoms with E-state index in [1.165, 1.54) is 108 Å². The molecule has 0 radical (unpaired) electrons. The van der Waals surface area contributed by atoms with E-state index in [2.05, 4.69) is 23.1 Å². The Morgan fingerprint density at radius 1 is 0.824 bits per heavy atom. The van der Waals surface area contributed by atoms with Gasteiger partial charge in [-0.2, -0.15) is 0 Å². The quantitative estimate of drug-likeness (QED) is 0.457. The fraction of sp³-hybridized carbons (Fsp3) is 0.742. The Morgan fingerprint density at radius 2 is 1.71 bits per heavy atom. The van der Waals surface area contributed by atoms with E-state index in [-0.39, 0.29) is 0 Å². The van der Waals surface area contributed by atoms with Gasteiger partial charge in [-0.05, 0) is 93.1 Å². The lowest BCUT2D eigenvalue weighted by Gasteiger charge is -2.43. The highest BCUT2D eigenvalue weighted by molar-refractivity contribution is 5.37. The van der Waals surface area contributed by atoms with Gasteiger partial charge in [0.15, 0.2) is 0 Å². The number of fused-ring (bicyclic) bond motifs is 2. The summed E-state index contributed by atoms with van der Waals surface area (Å²) in [6.45, 7) is 0.733. The molecule has 0 saturated heterocycles. The molecule has 3 nitrogen and oxygen atoms in total. The first kappa shape index (κ1) is 23.0. The van der Waals surface area contributed by atoms with Crippen molar-refractivity contribution in [3.05, 3.63) is 46.3 Å². The number of nitrogens with zero attached hydrogens (tertiary/aromatic N) is 1. The molecule has 3 heteroatoms. The van der Waals surface area contributed by atoms with Crippen LogP contribution in [0.5, 0.6) is 0 Å². The van der Waals surface area contributed by atoms with E-state index in [0.29, 0.717) is 23.9 Å². The summed E-state index contributed by atoms with van der Waals surface area (Å²) in [5.41, 5.74) is 21.0. The zero-order valence-corrected chi connectivity index (χ0v) is 21.3. The van der Waals surface area contributed by atoms with Gasteiger partial charge >= 0.3 is 0 Å². The zero-order valence-electron chi connectivity index (χ0n) is 21.3. The monoisotopic (exact) mass is 461 g/mol. The van der Waals surface area contributed by atoms with E-state index in [0.717, 1.165) is 24.8 Å². The van der Waals surface area contributed by atoms with Gasteiger partial charge in [0, 0.05) is 42.4 Å². The van der Waals surface area contributed by atoms with E-state index in [9.17, 15) is 0 Å². The van der Waals surface area contributed by atoms with Crippen LogP contribution in [0.15, 0.2) is 46.3 Å². The average Bonchev–Trinajstić information content (AvgIpc) is 3.21. The molecule has 0 aromatic rings. The van der Waals surface area contributed by atoms with E-state index in [4.69, 9.17) is 11.5 Å². The first-order valence-electron chi connectivity index (χ1n) is 14.7. The second kappa shape index (κ2) is 9.88. The molecule has 1 aliphatic heterocycles. The molecule has 34 heavy (non-hydrogen) atoms. The zero-order chi connectivity index (χ0) is 23.1. The molecule has 1 fully saturated rings. The molecule has 6 rings (SSSR count). The lowest BCUT2D eigenvalue weighted by atomic mass is 9.69. The molecule has 0 bridgehead atoms. The second-order valence-electron chi connectivity index (χ2n) is 12.4. The summed E-state index contributed by atoms with van der Waals surface area (Å²) in [5.74, 6) is 3.30. The third-order valence-electron chi connectivity index (χ3n) is 10.6. The summed E-state index contributed by atoms with van der Waals surface area (Å²) in [5, 5.41) is 0. The largest absolute Gasteiger partial charge is 0.402 e. The molecule has 0 aromatic carbocycles. The van der Waals surface area contributed by atoms with Gasteiger partial charge in [0.1, 0.15) is 0 Å². The Morgan fingerprint density at radius 3 is 2.50 bits per heavy atom. The molecular formula is C31H47N3. The Balaban J connectivity index is 1.32. The Bertz CT molecular complexity index is 886. The van der Waals surface area contributed by atoms with Crippen LogP contribution >= 0.6 is 0 Å². The van der Waals surface area contributed by atoms with Crippen molar-refractivity contribution < 1.29 is 0 Å². The molecule has 4 N–H and O–H groups in total. The van der Waals surface area contributed by atoms with Crippen molar-refractivity contribution in [1.29, 1.82) is 0 Å². The van der Waals surface area contributed by atoms with Gasteiger partial charge < -0.3 is 16.4 Å².